The second-order valence-electron chi connectivity index (χ2n) is 5.53. The van der Waals surface area contributed by atoms with Gasteiger partial charge < -0.3 is 10.6 Å². The highest BCUT2D eigenvalue weighted by Crippen LogP contribution is 2.21. The van der Waals surface area contributed by atoms with E-state index in [1.54, 1.807) is 12.3 Å². The first-order valence-corrected chi connectivity index (χ1v) is 8.81. The molecule has 2 aromatic carbocycles. The summed E-state index contributed by atoms with van der Waals surface area (Å²) in [5, 5.41) is 6.16. The third-order valence-corrected chi connectivity index (χ3v) is 4.40. The SMILES string of the molecule is O=C(Nc1ccccc1Br)c1ccc(NCCc2ccccc2)cn1. The van der Waals surface area contributed by atoms with Crippen LogP contribution in [0.5, 0.6) is 0 Å². The molecule has 0 aliphatic rings. The Labute approximate surface area is 155 Å². The highest BCUT2D eigenvalue weighted by molar-refractivity contribution is 9.10. The van der Waals surface area contributed by atoms with E-state index >= 15 is 0 Å². The van der Waals surface area contributed by atoms with Gasteiger partial charge in [0.15, 0.2) is 0 Å². The molecule has 1 heterocycles. The first-order chi connectivity index (χ1) is 12.2. The van der Waals surface area contributed by atoms with E-state index in [-0.39, 0.29) is 5.91 Å². The molecule has 4 nitrogen and oxygen atoms in total. The predicted molar refractivity (Wildman–Crippen MR) is 105 cm³/mol. The summed E-state index contributed by atoms with van der Waals surface area (Å²) >= 11 is 3.41. The van der Waals surface area contributed by atoms with Gasteiger partial charge in [-0.1, -0.05) is 42.5 Å². The fraction of sp³-hybridized carbons (Fsp3) is 0.100. The topological polar surface area (TPSA) is 54.0 Å². The third-order valence-electron chi connectivity index (χ3n) is 3.70. The van der Waals surface area contributed by atoms with Gasteiger partial charge in [-0.15, -0.1) is 0 Å². The number of amides is 1. The number of aromatic nitrogens is 1. The summed E-state index contributed by atoms with van der Waals surface area (Å²) in [6.07, 6.45) is 2.62. The number of para-hydroxylation sites is 1. The lowest BCUT2D eigenvalue weighted by Gasteiger charge is -2.08. The molecule has 0 spiro atoms. The Hall–Kier alpha value is -2.66. The average molecular weight is 396 g/mol. The van der Waals surface area contributed by atoms with E-state index in [0.717, 1.165) is 28.8 Å². The molecule has 25 heavy (non-hydrogen) atoms. The fourth-order valence-corrected chi connectivity index (χ4v) is 2.76. The number of carbonyl (C=O) groups is 1. The molecule has 3 aromatic rings. The molecule has 0 saturated heterocycles. The van der Waals surface area contributed by atoms with E-state index in [1.807, 2.05) is 48.5 Å². The average Bonchev–Trinajstić information content (AvgIpc) is 2.65. The largest absolute Gasteiger partial charge is 0.383 e. The van der Waals surface area contributed by atoms with Gasteiger partial charge in [-0.3, -0.25) is 4.79 Å². The Morgan fingerprint density at radius 2 is 1.72 bits per heavy atom. The molecule has 5 heteroatoms. The molecule has 0 aliphatic heterocycles. The van der Waals surface area contributed by atoms with Crippen LogP contribution in [0.2, 0.25) is 0 Å². The summed E-state index contributed by atoms with van der Waals surface area (Å²) in [5.74, 6) is -0.234. The molecule has 126 valence electrons. The summed E-state index contributed by atoms with van der Waals surface area (Å²) in [6.45, 7) is 0.814. The molecule has 1 aromatic heterocycles. The van der Waals surface area contributed by atoms with Crippen LogP contribution < -0.4 is 10.6 Å². The minimum atomic E-state index is -0.234. The Morgan fingerprint density at radius 1 is 0.960 bits per heavy atom. The maximum atomic E-state index is 12.3. The van der Waals surface area contributed by atoms with Crippen LogP contribution in [0.3, 0.4) is 0 Å². The van der Waals surface area contributed by atoms with Crippen molar-refractivity contribution in [3.05, 3.63) is 88.7 Å². The minimum absolute atomic E-state index is 0.234. The van der Waals surface area contributed by atoms with Crippen molar-refractivity contribution in [1.82, 2.24) is 4.98 Å². The number of hydrogen-bond acceptors (Lipinski definition) is 3. The number of rotatable bonds is 6. The van der Waals surface area contributed by atoms with Gasteiger partial charge >= 0.3 is 0 Å². The Bertz CT molecular complexity index is 835. The van der Waals surface area contributed by atoms with Gasteiger partial charge in [0.05, 0.1) is 17.6 Å². The van der Waals surface area contributed by atoms with Crippen LogP contribution in [0, 0.1) is 0 Å². The lowest BCUT2D eigenvalue weighted by atomic mass is 10.1. The molecule has 0 aliphatic carbocycles. The standard InChI is InChI=1S/C20H18BrN3O/c21-17-8-4-5-9-18(17)24-20(25)19-11-10-16(14-23-19)22-13-12-15-6-2-1-3-7-15/h1-11,14,22H,12-13H2,(H,24,25). The zero-order valence-electron chi connectivity index (χ0n) is 13.6. The zero-order chi connectivity index (χ0) is 17.5. The number of carbonyl (C=O) groups excluding carboxylic acids is 1. The number of halogens is 1. The number of benzene rings is 2. The fourth-order valence-electron chi connectivity index (χ4n) is 2.38. The van der Waals surface area contributed by atoms with Crippen molar-refractivity contribution in [2.75, 3.05) is 17.2 Å². The van der Waals surface area contributed by atoms with Gasteiger partial charge in [0.25, 0.3) is 5.91 Å². The number of anilines is 2. The van der Waals surface area contributed by atoms with E-state index in [2.05, 4.69) is 43.7 Å². The molecule has 3 rings (SSSR count). The van der Waals surface area contributed by atoms with Crippen LogP contribution in [-0.4, -0.2) is 17.4 Å². The zero-order valence-corrected chi connectivity index (χ0v) is 15.2. The molecule has 1 amide bonds. The van der Waals surface area contributed by atoms with Crippen molar-refractivity contribution in [2.24, 2.45) is 0 Å². The van der Waals surface area contributed by atoms with Crippen molar-refractivity contribution in [3.63, 3.8) is 0 Å². The highest BCUT2D eigenvalue weighted by Gasteiger charge is 2.09. The maximum absolute atomic E-state index is 12.3. The summed E-state index contributed by atoms with van der Waals surface area (Å²) < 4.78 is 0.836. The lowest BCUT2D eigenvalue weighted by molar-refractivity contribution is 0.102. The van der Waals surface area contributed by atoms with Gasteiger partial charge in [0.1, 0.15) is 5.69 Å². The second-order valence-corrected chi connectivity index (χ2v) is 6.38. The molecule has 0 fully saturated rings. The molecule has 0 saturated carbocycles. The summed E-state index contributed by atoms with van der Waals surface area (Å²) in [4.78, 5) is 16.5. The first kappa shape index (κ1) is 17.2. The predicted octanol–water partition coefficient (Wildman–Crippen LogP) is 4.75. The van der Waals surface area contributed by atoms with Gasteiger partial charge in [0, 0.05) is 11.0 Å². The maximum Gasteiger partial charge on any atom is 0.274 e. The van der Waals surface area contributed by atoms with E-state index < -0.39 is 0 Å². The van der Waals surface area contributed by atoms with E-state index in [9.17, 15) is 4.79 Å². The van der Waals surface area contributed by atoms with Crippen LogP contribution in [0.15, 0.2) is 77.4 Å². The van der Waals surface area contributed by atoms with Crippen molar-refractivity contribution in [2.45, 2.75) is 6.42 Å². The normalized spacial score (nSPS) is 10.3. The molecule has 0 bridgehead atoms. The second kappa shape index (κ2) is 8.44. The number of hydrogen-bond donors (Lipinski definition) is 2. The molecule has 2 N–H and O–H groups in total. The van der Waals surface area contributed by atoms with Crippen LogP contribution >= 0.6 is 15.9 Å². The molecular formula is C20H18BrN3O. The van der Waals surface area contributed by atoms with Crippen molar-refractivity contribution < 1.29 is 4.79 Å². The van der Waals surface area contributed by atoms with Crippen molar-refractivity contribution in [1.29, 1.82) is 0 Å². The van der Waals surface area contributed by atoms with E-state index in [0.29, 0.717) is 5.69 Å². The van der Waals surface area contributed by atoms with Gasteiger partial charge in [0.2, 0.25) is 0 Å². The van der Waals surface area contributed by atoms with E-state index in [4.69, 9.17) is 0 Å². The molecule has 0 unspecified atom stereocenters. The van der Waals surface area contributed by atoms with E-state index in [1.165, 1.54) is 5.56 Å². The highest BCUT2D eigenvalue weighted by atomic mass is 79.9. The van der Waals surface area contributed by atoms with Crippen LogP contribution in [0.1, 0.15) is 16.1 Å². The quantitative estimate of drug-likeness (QED) is 0.632. The monoisotopic (exact) mass is 395 g/mol. The van der Waals surface area contributed by atoms with Crippen molar-refractivity contribution >= 4 is 33.2 Å². The smallest absolute Gasteiger partial charge is 0.274 e. The minimum Gasteiger partial charge on any atom is -0.383 e. The first-order valence-electron chi connectivity index (χ1n) is 8.02. The molecule has 0 atom stereocenters. The summed E-state index contributed by atoms with van der Waals surface area (Å²) in [5.41, 5.74) is 3.28. The van der Waals surface area contributed by atoms with Crippen LogP contribution in [-0.2, 0) is 6.42 Å². The lowest BCUT2D eigenvalue weighted by Crippen LogP contribution is -2.14. The van der Waals surface area contributed by atoms with Gasteiger partial charge in [-0.2, -0.15) is 0 Å². The summed E-state index contributed by atoms with van der Waals surface area (Å²) in [6, 6.07) is 21.4. The number of pyridine rings is 1. The Balaban J connectivity index is 1.54. The number of nitrogens with zero attached hydrogens (tertiary/aromatic N) is 1. The molecule has 0 radical (unpaired) electrons. The Kier molecular flexibility index (Phi) is 5.80. The third kappa shape index (κ3) is 4.90. The summed E-state index contributed by atoms with van der Waals surface area (Å²) in [7, 11) is 0. The van der Waals surface area contributed by atoms with Crippen molar-refractivity contribution in [3.8, 4) is 0 Å². The van der Waals surface area contributed by atoms with Gasteiger partial charge in [-0.25, -0.2) is 4.98 Å². The molecular weight excluding hydrogens is 378 g/mol. The number of nitrogens with one attached hydrogen (secondary N) is 2. The Morgan fingerprint density at radius 3 is 2.44 bits per heavy atom. The van der Waals surface area contributed by atoms with Crippen LogP contribution in [0.4, 0.5) is 11.4 Å². The van der Waals surface area contributed by atoms with Gasteiger partial charge in [-0.05, 0) is 52.2 Å². The van der Waals surface area contributed by atoms with Crippen LogP contribution in [0.25, 0.3) is 0 Å².